The van der Waals surface area contributed by atoms with Gasteiger partial charge >= 0.3 is 0 Å². The highest BCUT2D eigenvalue weighted by molar-refractivity contribution is 5.32. The first-order chi connectivity index (χ1) is 16.0. The molecule has 0 N–H and O–H groups in total. The maximum atomic E-state index is 14.5. The molecule has 1 aromatic rings. The van der Waals surface area contributed by atoms with Crippen LogP contribution in [0.3, 0.4) is 0 Å². The van der Waals surface area contributed by atoms with Gasteiger partial charge in [0.2, 0.25) is 5.82 Å². The second kappa shape index (κ2) is 15.4. The van der Waals surface area contributed by atoms with Crippen LogP contribution in [0.25, 0.3) is 0 Å². The lowest BCUT2D eigenvalue weighted by molar-refractivity contribution is 0.0739. The SMILES string of the molecule is CCC/C=C\Cc1ccc(OCC2CCC3CC(CCC)CCC3C2)c(F)c1F.FCCF. The van der Waals surface area contributed by atoms with Gasteiger partial charge in [-0.05, 0) is 80.2 Å². The molecule has 0 radical (unpaired) electrons. The first-order valence-electron chi connectivity index (χ1n) is 12.9. The highest BCUT2D eigenvalue weighted by Gasteiger charge is 2.35. The highest BCUT2D eigenvalue weighted by atomic mass is 19.2. The van der Waals surface area contributed by atoms with Gasteiger partial charge in [-0.2, -0.15) is 4.39 Å². The summed E-state index contributed by atoms with van der Waals surface area (Å²) in [6.45, 7) is 3.20. The van der Waals surface area contributed by atoms with Crippen molar-refractivity contribution in [1.82, 2.24) is 0 Å². The van der Waals surface area contributed by atoms with Crippen LogP contribution >= 0.6 is 0 Å². The monoisotopic (exact) mass is 470 g/mol. The van der Waals surface area contributed by atoms with Gasteiger partial charge in [0.25, 0.3) is 0 Å². The molecular formula is C28H42F4O. The molecule has 2 aliphatic carbocycles. The lowest BCUT2D eigenvalue weighted by Crippen LogP contribution is -2.33. The number of benzene rings is 1. The van der Waals surface area contributed by atoms with Gasteiger partial charge in [0.15, 0.2) is 11.6 Å². The molecule has 0 spiro atoms. The molecule has 0 heterocycles. The fourth-order valence-electron chi connectivity index (χ4n) is 5.45. The van der Waals surface area contributed by atoms with Crippen molar-refractivity contribution < 1.29 is 22.3 Å². The van der Waals surface area contributed by atoms with Gasteiger partial charge in [0.1, 0.15) is 13.3 Å². The van der Waals surface area contributed by atoms with Crippen LogP contribution in [0.4, 0.5) is 17.6 Å². The standard InChI is InChI=1S/C26H38F2O.C2H4F2/c1-3-5-6-7-9-21-14-15-24(26(28)25(21)27)29-18-20-11-13-22-16-19(8-4-2)10-12-23(22)17-20;3-1-2-4/h6-7,14-15,19-20,22-23H,3-5,8-13,16-18H2,1-2H3;1-2H2/b7-6-;. The zero-order chi connectivity index (χ0) is 24.1. The predicted molar refractivity (Wildman–Crippen MR) is 128 cm³/mol. The minimum Gasteiger partial charge on any atom is -0.490 e. The van der Waals surface area contributed by atoms with Crippen molar-refractivity contribution in [2.45, 2.75) is 84.5 Å². The summed E-state index contributed by atoms with van der Waals surface area (Å²) in [5.41, 5.74) is 0.395. The summed E-state index contributed by atoms with van der Waals surface area (Å²) in [6, 6.07) is 3.26. The minimum absolute atomic E-state index is 0.0672. The summed E-state index contributed by atoms with van der Waals surface area (Å²) in [7, 11) is 0. The van der Waals surface area contributed by atoms with E-state index in [0.717, 1.165) is 37.0 Å². The van der Waals surface area contributed by atoms with Crippen LogP contribution in [0.15, 0.2) is 24.3 Å². The Labute approximate surface area is 198 Å². The maximum Gasteiger partial charge on any atom is 0.200 e. The van der Waals surface area contributed by atoms with Gasteiger partial charge in [-0.15, -0.1) is 0 Å². The van der Waals surface area contributed by atoms with Crippen molar-refractivity contribution in [1.29, 1.82) is 0 Å². The molecule has 0 saturated heterocycles. The van der Waals surface area contributed by atoms with Crippen LogP contribution in [0.2, 0.25) is 0 Å². The number of hydrogen-bond acceptors (Lipinski definition) is 1. The molecule has 4 unspecified atom stereocenters. The molecule has 0 aromatic heterocycles. The van der Waals surface area contributed by atoms with Crippen LogP contribution < -0.4 is 4.74 Å². The second-order valence-electron chi connectivity index (χ2n) is 9.67. The summed E-state index contributed by atoms with van der Waals surface area (Å²) in [4.78, 5) is 0. The van der Waals surface area contributed by atoms with E-state index in [1.54, 1.807) is 12.1 Å². The number of allylic oxidation sites excluding steroid dienone is 2. The zero-order valence-electron chi connectivity index (χ0n) is 20.4. The quantitative estimate of drug-likeness (QED) is 0.245. The van der Waals surface area contributed by atoms with E-state index >= 15 is 0 Å². The normalized spacial score (nSPS) is 24.8. The molecule has 3 rings (SSSR count). The molecule has 0 aliphatic heterocycles. The van der Waals surface area contributed by atoms with E-state index in [1.165, 1.54) is 44.9 Å². The lowest BCUT2D eigenvalue weighted by Gasteiger charge is -2.42. The number of unbranched alkanes of at least 4 members (excludes halogenated alkanes) is 1. The van der Waals surface area contributed by atoms with E-state index in [9.17, 15) is 17.6 Å². The van der Waals surface area contributed by atoms with Crippen LogP contribution in [0.1, 0.15) is 83.6 Å². The zero-order valence-corrected chi connectivity index (χ0v) is 20.4. The Hall–Kier alpha value is -1.52. The smallest absolute Gasteiger partial charge is 0.200 e. The minimum atomic E-state index is -0.847. The fourth-order valence-corrected chi connectivity index (χ4v) is 5.45. The molecule has 1 aromatic carbocycles. The van der Waals surface area contributed by atoms with Gasteiger partial charge < -0.3 is 4.74 Å². The first-order valence-corrected chi connectivity index (χ1v) is 12.9. The number of halogens is 4. The largest absolute Gasteiger partial charge is 0.490 e. The molecular weight excluding hydrogens is 428 g/mol. The number of hydrogen-bond donors (Lipinski definition) is 0. The Kier molecular flexibility index (Phi) is 12.9. The van der Waals surface area contributed by atoms with Gasteiger partial charge in [-0.25, -0.2) is 13.2 Å². The second-order valence-corrected chi connectivity index (χ2v) is 9.67. The van der Waals surface area contributed by atoms with Crippen molar-refractivity contribution in [2.75, 3.05) is 20.0 Å². The van der Waals surface area contributed by atoms with Crippen LogP contribution in [0, 0.1) is 35.3 Å². The average Bonchev–Trinajstić information content (AvgIpc) is 2.84. The topological polar surface area (TPSA) is 9.23 Å². The summed E-state index contributed by atoms with van der Waals surface area (Å²) in [6.07, 6.45) is 16.8. The van der Waals surface area contributed by atoms with Crippen molar-refractivity contribution in [3.63, 3.8) is 0 Å². The molecule has 1 nitrogen and oxygen atoms in total. The number of fused-ring (bicyclic) bond motifs is 1. The summed E-state index contributed by atoms with van der Waals surface area (Å²) in [5.74, 6) is 1.56. The Morgan fingerprint density at radius 3 is 2.15 bits per heavy atom. The maximum absolute atomic E-state index is 14.5. The van der Waals surface area contributed by atoms with Crippen LogP contribution in [0.5, 0.6) is 5.75 Å². The molecule has 2 aliphatic rings. The Balaban J connectivity index is 0.000000890. The van der Waals surface area contributed by atoms with E-state index in [0.29, 0.717) is 24.5 Å². The lowest BCUT2D eigenvalue weighted by atomic mass is 9.64. The molecule has 2 fully saturated rings. The van der Waals surface area contributed by atoms with E-state index in [4.69, 9.17) is 4.74 Å². The first kappa shape index (κ1) is 27.7. The number of alkyl halides is 2. The molecule has 188 valence electrons. The molecule has 5 heteroatoms. The summed E-state index contributed by atoms with van der Waals surface area (Å²) in [5, 5.41) is 0. The third-order valence-corrected chi connectivity index (χ3v) is 7.16. The summed E-state index contributed by atoms with van der Waals surface area (Å²) < 4.78 is 55.3. The molecule has 0 amide bonds. The van der Waals surface area contributed by atoms with Gasteiger partial charge in [0.05, 0.1) is 6.61 Å². The molecule has 33 heavy (non-hydrogen) atoms. The fraction of sp³-hybridized carbons (Fsp3) is 0.714. The van der Waals surface area contributed by atoms with Crippen LogP contribution in [-0.2, 0) is 6.42 Å². The van der Waals surface area contributed by atoms with Gasteiger partial charge in [0, 0.05) is 0 Å². The third-order valence-electron chi connectivity index (χ3n) is 7.16. The molecule has 0 bridgehead atoms. The van der Waals surface area contributed by atoms with Crippen molar-refractivity contribution in [3.8, 4) is 5.75 Å². The van der Waals surface area contributed by atoms with Crippen molar-refractivity contribution in [2.24, 2.45) is 23.7 Å². The Morgan fingerprint density at radius 1 is 0.848 bits per heavy atom. The highest BCUT2D eigenvalue weighted by Crippen LogP contribution is 2.45. The number of rotatable bonds is 10. The van der Waals surface area contributed by atoms with E-state index < -0.39 is 25.0 Å². The summed E-state index contributed by atoms with van der Waals surface area (Å²) >= 11 is 0. The van der Waals surface area contributed by atoms with E-state index in [1.807, 2.05) is 12.2 Å². The van der Waals surface area contributed by atoms with Gasteiger partial charge in [-0.3, -0.25) is 0 Å². The average molecular weight is 471 g/mol. The van der Waals surface area contributed by atoms with Crippen molar-refractivity contribution >= 4 is 0 Å². The van der Waals surface area contributed by atoms with Crippen molar-refractivity contribution in [3.05, 3.63) is 41.5 Å². The third kappa shape index (κ3) is 8.98. The van der Waals surface area contributed by atoms with Crippen LogP contribution in [-0.4, -0.2) is 20.0 Å². The Bertz CT molecular complexity index is 703. The molecule has 4 atom stereocenters. The number of ether oxygens (including phenoxy) is 1. The van der Waals surface area contributed by atoms with Gasteiger partial charge in [-0.1, -0.05) is 57.7 Å². The molecule has 2 saturated carbocycles. The van der Waals surface area contributed by atoms with E-state index in [-0.39, 0.29) is 5.75 Å². The predicted octanol–water partition coefficient (Wildman–Crippen LogP) is 8.80. The Morgan fingerprint density at radius 2 is 1.52 bits per heavy atom. The van der Waals surface area contributed by atoms with E-state index in [2.05, 4.69) is 13.8 Å².